The van der Waals surface area contributed by atoms with Crippen molar-refractivity contribution in [3.8, 4) is 0 Å². The van der Waals surface area contributed by atoms with E-state index in [-0.39, 0.29) is 11.7 Å². The summed E-state index contributed by atoms with van der Waals surface area (Å²) in [5.74, 6) is -0.495. The number of halogens is 2. The van der Waals surface area contributed by atoms with Crippen LogP contribution >= 0.6 is 27.7 Å². The second-order valence-corrected chi connectivity index (χ2v) is 6.31. The van der Waals surface area contributed by atoms with Gasteiger partial charge in [0.05, 0.1) is 0 Å². The largest absolute Gasteiger partial charge is 0.324 e. The molecule has 2 aromatic carbocycles. The lowest BCUT2D eigenvalue weighted by atomic mass is 10.1. The van der Waals surface area contributed by atoms with Gasteiger partial charge in [0.2, 0.25) is 5.91 Å². The summed E-state index contributed by atoms with van der Waals surface area (Å²) >= 11 is 4.74. The van der Waals surface area contributed by atoms with Gasteiger partial charge in [0.25, 0.3) is 0 Å². The Morgan fingerprint density at radius 2 is 2.00 bits per heavy atom. The number of nitrogens with two attached hydrogens (primary N) is 1. The van der Waals surface area contributed by atoms with Crippen LogP contribution in [0.5, 0.6) is 0 Å². The minimum atomic E-state index is -0.645. The smallest absolute Gasteiger partial charge is 0.245 e. The number of rotatable bonds is 2. The molecule has 20 heavy (non-hydrogen) atoms. The Bertz CT molecular complexity index is 708. The Kier molecular flexibility index (Phi) is 3.54. The highest BCUT2D eigenvalue weighted by Gasteiger charge is 2.28. The third kappa shape index (κ3) is 2.34. The number of anilines is 1. The molecule has 1 heterocycles. The van der Waals surface area contributed by atoms with Crippen LogP contribution in [0.4, 0.5) is 10.1 Å². The molecule has 6 heteroatoms. The number of hydrogen-bond acceptors (Lipinski definition) is 3. The van der Waals surface area contributed by atoms with E-state index in [0.717, 1.165) is 14.9 Å². The summed E-state index contributed by atoms with van der Waals surface area (Å²) < 4.78 is 14.5. The van der Waals surface area contributed by atoms with Crippen LogP contribution in [0, 0.1) is 5.82 Å². The van der Waals surface area contributed by atoms with Gasteiger partial charge in [-0.2, -0.15) is 0 Å². The Morgan fingerprint density at radius 3 is 2.75 bits per heavy atom. The van der Waals surface area contributed by atoms with Gasteiger partial charge in [-0.05, 0) is 40.2 Å². The SMILES string of the molecule is NC1C(=O)Nc2cc(Sc3ccccc3F)c(Br)cc21. The fourth-order valence-corrected chi connectivity index (χ4v) is 3.50. The van der Waals surface area contributed by atoms with E-state index in [2.05, 4.69) is 21.2 Å². The Balaban J connectivity index is 1.99. The molecule has 0 bridgehead atoms. The number of nitrogens with one attached hydrogen (secondary N) is 1. The first-order valence-corrected chi connectivity index (χ1v) is 7.49. The van der Waals surface area contributed by atoms with Crippen molar-refractivity contribution in [2.45, 2.75) is 15.8 Å². The van der Waals surface area contributed by atoms with Gasteiger partial charge in [-0.1, -0.05) is 23.9 Å². The Labute approximate surface area is 127 Å². The van der Waals surface area contributed by atoms with E-state index in [1.807, 2.05) is 0 Å². The first kappa shape index (κ1) is 13.6. The summed E-state index contributed by atoms with van der Waals surface area (Å²) in [7, 11) is 0. The zero-order chi connectivity index (χ0) is 14.3. The second-order valence-electron chi connectivity index (χ2n) is 4.37. The number of carbonyl (C=O) groups excluding carboxylic acids is 1. The van der Waals surface area contributed by atoms with Gasteiger partial charge in [0.15, 0.2) is 0 Å². The van der Waals surface area contributed by atoms with E-state index in [4.69, 9.17) is 5.73 Å². The number of amides is 1. The predicted molar refractivity (Wildman–Crippen MR) is 80.2 cm³/mol. The number of benzene rings is 2. The van der Waals surface area contributed by atoms with Gasteiger partial charge in [0.1, 0.15) is 11.9 Å². The summed E-state index contributed by atoms with van der Waals surface area (Å²) in [4.78, 5) is 12.9. The number of hydrogen-bond donors (Lipinski definition) is 2. The summed E-state index contributed by atoms with van der Waals surface area (Å²) in [6.45, 7) is 0. The van der Waals surface area contributed by atoms with E-state index < -0.39 is 6.04 Å². The lowest BCUT2D eigenvalue weighted by Gasteiger charge is -2.09. The zero-order valence-corrected chi connectivity index (χ0v) is 12.6. The molecule has 0 aliphatic carbocycles. The van der Waals surface area contributed by atoms with Crippen LogP contribution in [-0.2, 0) is 4.79 Å². The highest BCUT2D eigenvalue weighted by molar-refractivity contribution is 9.10. The van der Waals surface area contributed by atoms with E-state index in [9.17, 15) is 9.18 Å². The third-order valence-electron chi connectivity index (χ3n) is 3.04. The Hall–Kier alpha value is -1.37. The van der Waals surface area contributed by atoms with Gasteiger partial charge >= 0.3 is 0 Å². The normalized spacial score (nSPS) is 16.9. The van der Waals surface area contributed by atoms with Gasteiger partial charge in [-0.25, -0.2) is 4.39 Å². The van der Waals surface area contributed by atoms with Gasteiger partial charge in [-0.15, -0.1) is 0 Å². The maximum Gasteiger partial charge on any atom is 0.245 e. The van der Waals surface area contributed by atoms with Crippen LogP contribution < -0.4 is 11.1 Å². The van der Waals surface area contributed by atoms with Crippen molar-refractivity contribution >= 4 is 39.3 Å². The first-order chi connectivity index (χ1) is 9.56. The van der Waals surface area contributed by atoms with Gasteiger partial charge in [-0.3, -0.25) is 4.79 Å². The molecule has 1 aliphatic rings. The van der Waals surface area contributed by atoms with Gasteiger partial charge in [0, 0.05) is 25.5 Å². The molecule has 3 nitrogen and oxygen atoms in total. The average molecular weight is 353 g/mol. The predicted octanol–water partition coefficient (Wildman–Crippen LogP) is 3.69. The molecule has 3 N–H and O–H groups in total. The van der Waals surface area contributed by atoms with Crippen LogP contribution in [0.2, 0.25) is 0 Å². The van der Waals surface area contributed by atoms with Crippen molar-refractivity contribution in [2.75, 3.05) is 5.32 Å². The molecule has 0 spiro atoms. The van der Waals surface area contributed by atoms with Crippen molar-refractivity contribution in [3.63, 3.8) is 0 Å². The maximum atomic E-state index is 13.7. The van der Waals surface area contributed by atoms with Crippen molar-refractivity contribution in [2.24, 2.45) is 5.73 Å². The molecule has 1 aliphatic heterocycles. The average Bonchev–Trinajstić information content (AvgIpc) is 2.69. The van der Waals surface area contributed by atoms with Crippen LogP contribution in [-0.4, -0.2) is 5.91 Å². The maximum absolute atomic E-state index is 13.7. The molecule has 0 radical (unpaired) electrons. The zero-order valence-electron chi connectivity index (χ0n) is 10.2. The van der Waals surface area contributed by atoms with Crippen molar-refractivity contribution in [1.82, 2.24) is 0 Å². The highest BCUT2D eigenvalue weighted by atomic mass is 79.9. The summed E-state index contributed by atoms with van der Waals surface area (Å²) in [6, 6.07) is 9.53. The monoisotopic (exact) mass is 352 g/mol. The van der Waals surface area contributed by atoms with E-state index >= 15 is 0 Å². The molecular formula is C14H10BrFN2OS. The molecular weight excluding hydrogens is 343 g/mol. The topological polar surface area (TPSA) is 55.1 Å². The Morgan fingerprint density at radius 1 is 1.25 bits per heavy atom. The minimum absolute atomic E-state index is 0.222. The van der Waals surface area contributed by atoms with Gasteiger partial charge < -0.3 is 11.1 Å². The summed E-state index contributed by atoms with van der Waals surface area (Å²) in [5, 5.41) is 2.72. The highest BCUT2D eigenvalue weighted by Crippen LogP contribution is 2.41. The van der Waals surface area contributed by atoms with Crippen LogP contribution in [0.3, 0.4) is 0 Å². The lowest BCUT2D eigenvalue weighted by Crippen LogP contribution is -2.19. The van der Waals surface area contributed by atoms with E-state index in [1.54, 1.807) is 30.3 Å². The second kappa shape index (κ2) is 5.20. The van der Waals surface area contributed by atoms with Crippen molar-refractivity contribution < 1.29 is 9.18 Å². The fraction of sp³-hybridized carbons (Fsp3) is 0.0714. The molecule has 1 atom stereocenters. The standard InChI is InChI=1S/C14H10BrFN2OS/c15-8-5-7-10(18-14(19)13(7)17)6-12(8)20-11-4-2-1-3-9(11)16/h1-6,13H,17H2,(H,18,19). The van der Waals surface area contributed by atoms with E-state index in [0.29, 0.717) is 10.6 Å². The molecule has 0 saturated carbocycles. The van der Waals surface area contributed by atoms with Crippen LogP contribution in [0.25, 0.3) is 0 Å². The molecule has 1 amide bonds. The minimum Gasteiger partial charge on any atom is -0.324 e. The molecule has 102 valence electrons. The van der Waals surface area contributed by atoms with Crippen LogP contribution in [0.1, 0.15) is 11.6 Å². The summed E-state index contributed by atoms with van der Waals surface area (Å²) in [6.07, 6.45) is 0. The van der Waals surface area contributed by atoms with Crippen LogP contribution in [0.15, 0.2) is 50.7 Å². The molecule has 0 aromatic heterocycles. The first-order valence-electron chi connectivity index (χ1n) is 5.88. The quantitative estimate of drug-likeness (QED) is 0.866. The summed E-state index contributed by atoms with van der Waals surface area (Å²) in [5.41, 5.74) is 7.22. The lowest BCUT2D eigenvalue weighted by molar-refractivity contribution is -0.116. The number of carbonyl (C=O) groups is 1. The van der Waals surface area contributed by atoms with Crippen molar-refractivity contribution in [1.29, 1.82) is 0 Å². The van der Waals surface area contributed by atoms with E-state index in [1.165, 1.54) is 17.8 Å². The van der Waals surface area contributed by atoms with Crippen molar-refractivity contribution in [3.05, 3.63) is 52.3 Å². The fourth-order valence-electron chi connectivity index (χ4n) is 2.01. The number of fused-ring (bicyclic) bond motifs is 1. The third-order valence-corrected chi connectivity index (χ3v) is 5.06. The molecule has 3 rings (SSSR count). The molecule has 2 aromatic rings. The molecule has 0 fully saturated rings. The molecule has 1 unspecified atom stereocenters. The molecule has 0 saturated heterocycles.